The Morgan fingerprint density at radius 2 is 2.17 bits per heavy atom. The van der Waals surface area contributed by atoms with Crippen LogP contribution in [0.5, 0.6) is 0 Å². The first-order chi connectivity index (χ1) is 2.64. The van der Waals surface area contributed by atoms with E-state index < -0.39 is 9.36 Å². The molecule has 0 heterocycles. The normalized spacial score (nSPS) is 15.8. The van der Waals surface area contributed by atoms with Crippen LogP contribution in [0.3, 0.4) is 0 Å². The highest BCUT2D eigenvalue weighted by molar-refractivity contribution is 6.59. The topological polar surface area (TPSA) is 49.5 Å². The van der Waals surface area contributed by atoms with Crippen LogP contribution in [0.1, 0.15) is 0 Å². The predicted octanol–water partition coefficient (Wildman–Crippen LogP) is -4.21. The summed E-state index contributed by atoms with van der Waals surface area (Å²) in [5.74, 6) is 0. The molecule has 0 bridgehead atoms. The second kappa shape index (κ2) is 2.93. The van der Waals surface area contributed by atoms with E-state index in [2.05, 4.69) is 0 Å². The second-order valence-electron chi connectivity index (χ2n) is 1.38. The fourth-order valence-electron chi connectivity index (χ4n) is 0. The molecule has 0 fully saturated rings. The van der Waals surface area contributed by atoms with E-state index >= 15 is 0 Å². The van der Waals surface area contributed by atoms with Gasteiger partial charge in [-0.3, -0.25) is 0 Å². The van der Waals surface area contributed by atoms with Gasteiger partial charge in [0, 0.05) is 0 Å². The van der Waals surface area contributed by atoms with Crippen molar-refractivity contribution < 1.29 is 4.80 Å². The number of hydrogen-bond donors (Lipinski definition) is 2. The lowest BCUT2D eigenvalue weighted by Crippen LogP contribution is -2.43. The van der Waals surface area contributed by atoms with E-state index in [1.165, 1.54) is 0 Å². The Morgan fingerprint density at radius 1 is 2.00 bits per heavy atom. The van der Waals surface area contributed by atoms with Gasteiger partial charge in [-0.05, 0) is 0 Å². The Bertz CT molecular complexity index is 32.5. The Morgan fingerprint density at radius 3 is 2.17 bits per heavy atom. The fourth-order valence-corrected chi connectivity index (χ4v) is 0. The third kappa shape index (κ3) is 3.05. The Hall–Kier alpha value is 0.846. The Labute approximate surface area is 50.2 Å². The number of hydrogen-bond acceptors (Lipinski definition) is 3. The minimum atomic E-state index is -1.79. The lowest BCUT2D eigenvalue weighted by molar-refractivity contribution is 0.542. The van der Waals surface area contributed by atoms with Gasteiger partial charge < -0.3 is 13.4 Å². The molecule has 0 aliphatic rings. The third-order valence-corrected chi connectivity index (χ3v) is 4.76. The fraction of sp³-hybridized carbons (Fsp3) is 0. The maximum Gasteiger partial charge on any atom is 0.309 e. The summed E-state index contributed by atoms with van der Waals surface area (Å²) in [7, 11) is -0.852. The van der Waals surface area contributed by atoms with Crippen molar-refractivity contribution in [2.75, 3.05) is 0 Å². The van der Waals surface area contributed by atoms with Gasteiger partial charge in [0.15, 0.2) is 0 Å². The minimum Gasteiger partial charge on any atom is -0.412 e. The molecule has 0 radical (unpaired) electrons. The van der Waals surface area contributed by atoms with Crippen molar-refractivity contribution in [1.82, 2.24) is 3.21 Å². The summed E-state index contributed by atoms with van der Waals surface area (Å²) in [5.41, 5.74) is 0. The van der Waals surface area contributed by atoms with Crippen molar-refractivity contribution in [3.63, 3.8) is 0 Å². The van der Waals surface area contributed by atoms with Crippen molar-refractivity contribution >= 4 is 36.3 Å². The van der Waals surface area contributed by atoms with E-state index in [0.29, 0.717) is 0 Å². The van der Waals surface area contributed by atoms with Gasteiger partial charge in [0.25, 0.3) is 0 Å². The molecule has 0 spiro atoms. The lowest BCUT2D eigenvalue weighted by atomic mass is 13.8. The molecule has 6 heteroatoms. The standard InChI is InChI=1S/Al.H7N2OSi2.2H/c;1-5(3)2-4;;/h;3,5H,1H2,4H3;;/q+1;-1;;. The molecule has 0 saturated heterocycles. The monoisotopic (exact) mass is 136 g/mol. The van der Waals surface area contributed by atoms with Gasteiger partial charge in [0.2, 0.25) is 0 Å². The van der Waals surface area contributed by atoms with E-state index in [1.807, 2.05) is 3.21 Å². The summed E-state index contributed by atoms with van der Waals surface area (Å²) in [6.45, 7) is 0. The van der Waals surface area contributed by atoms with E-state index in [9.17, 15) is 0 Å². The highest BCUT2D eigenvalue weighted by Crippen LogP contribution is 1.61. The first-order valence-electron chi connectivity index (χ1n) is 1.74. The van der Waals surface area contributed by atoms with Crippen LogP contribution in [-0.4, -0.2) is 44.3 Å². The van der Waals surface area contributed by atoms with Crippen LogP contribution in [-0.2, 0) is 0 Å². The molecular weight excluding hydrogens is 127 g/mol. The number of rotatable bonds is 1. The molecule has 0 aliphatic heterocycles. The summed E-state index contributed by atoms with van der Waals surface area (Å²) >= 11 is 0.935. The van der Waals surface area contributed by atoms with Gasteiger partial charge in [-0.25, -0.2) is 0 Å². The molecule has 6 heavy (non-hydrogen) atoms. The van der Waals surface area contributed by atoms with Crippen LogP contribution in [0.2, 0.25) is 0 Å². The Balaban J connectivity index is 2.99. The van der Waals surface area contributed by atoms with Crippen LogP contribution >= 0.6 is 0 Å². The molecule has 0 aromatic rings. The number of nitrogens with zero attached hydrogens (tertiary/aromatic N) is 1. The van der Waals surface area contributed by atoms with Crippen molar-refractivity contribution in [1.29, 1.82) is 0 Å². The van der Waals surface area contributed by atoms with E-state index in [4.69, 9.17) is 10.2 Å². The zero-order chi connectivity index (χ0) is 5.15. The molecule has 0 amide bonds. The molecule has 0 saturated carbocycles. The molecule has 0 aromatic heterocycles. The first kappa shape index (κ1) is 6.85. The maximum absolute atomic E-state index is 8.54. The molecule has 3 N–H and O–H groups in total. The van der Waals surface area contributed by atoms with Gasteiger partial charge >= 0.3 is 25.9 Å². The second-order valence-corrected chi connectivity index (χ2v) is 9.91. The summed E-state index contributed by atoms with van der Waals surface area (Å²) in [5, 5.41) is 5.12. The van der Waals surface area contributed by atoms with Crippen LogP contribution in [0, 0.1) is 0 Å². The van der Waals surface area contributed by atoms with Crippen molar-refractivity contribution in [3.05, 3.63) is 0 Å². The van der Waals surface area contributed by atoms with Gasteiger partial charge in [0.1, 0.15) is 0 Å². The number of nitrogens with two attached hydrogens (primary N) is 1. The lowest BCUT2D eigenvalue weighted by Gasteiger charge is -2.10. The smallest absolute Gasteiger partial charge is 0.309 e. The van der Waals surface area contributed by atoms with Crippen molar-refractivity contribution in [2.24, 2.45) is 5.40 Å². The van der Waals surface area contributed by atoms with Crippen LogP contribution in [0.25, 0.3) is 0 Å². The molecule has 0 aliphatic carbocycles. The molecule has 1 unspecified atom stereocenters. The van der Waals surface area contributed by atoms with Crippen LogP contribution in [0.4, 0.5) is 0 Å². The maximum atomic E-state index is 8.54. The van der Waals surface area contributed by atoms with Gasteiger partial charge in [-0.15, -0.1) is 0 Å². The quantitative estimate of drug-likeness (QED) is 0.359. The third-order valence-electron chi connectivity index (χ3n) is 0.529. The highest BCUT2D eigenvalue weighted by atomic mass is 28.3. The molecule has 0 rings (SSSR count). The molecular formula is H9AlN2OSi2. The highest BCUT2D eigenvalue weighted by Gasteiger charge is 1.97. The predicted molar refractivity (Wildman–Crippen MR) is 33.9 cm³/mol. The van der Waals surface area contributed by atoms with Gasteiger partial charge in [-0.1, -0.05) is 0 Å². The summed E-state index contributed by atoms with van der Waals surface area (Å²) in [4.78, 5) is 8.54. The molecule has 0 aromatic carbocycles. The summed E-state index contributed by atoms with van der Waals surface area (Å²) in [6.07, 6.45) is 0. The minimum absolute atomic E-state index is 0.935. The van der Waals surface area contributed by atoms with Crippen LogP contribution in [0.15, 0.2) is 0 Å². The van der Waals surface area contributed by atoms with Crippen molar-refractivity contribution in [3.8, 4) is 0 Å². The first-order valence-corrected chi connectivity index (χ1v) is 5.23. The SMILES string of the molecule is N[SiH](O)[N]([AlH2])[SiH3]. The van der Waals surface area contributed by atoms with Gasteiger partial charge in [-0.2, -0.15) is 0 Å². The van der Waals surface area contributed by atoms with E-state index in [-0.39, 0.29) is 0 Å². The van der Waals surface area contributed by atoms with Gasteiger partial charge in [0.05, 0.1) is 10.4 Å². The summed E-state index contributed by atoms with van der Waals surface area (Å²) < 4.78 is 1.92. The molecule has 36 valence electrons. The molecule has 3 nitrogen and oxygen atoms in total. The average molecular weight is 136 g/mol. The van der Waals surface area contributed by atoms with E-state index in [0.717, 1.165) is 26.9 Å². The van der Waals surface area contributed by atoms with Crippen LogP contribution < -0.4 is 5.40 Å². The summed E-state index contributed by atoms with van der Waals surface area (Å²) in [6, 6.07) is 0. The van der Waals surface area contributed by atoms with Crippen molar-refractivity contribution in [2.45, 2.75) is 0 Å². The Kier molecular flexibility index (Phi) is 3.34. The molecule has 1 atom stereocenters. The largest absolute Gasteiger partial charge is 0.412 e. The zero-order valence-corrected chi connectivity index (χ0v) is 9.20. The zero-order valence-electron chi connectivity index (χ0n) is 4.05. The van der Waals surface area contributed by atoms with E-state index in [1.54, 1.807) is 0 Å². The average Bonchev–Trinajstić information content (AvgIpc) is 1.36.